The van der Waals surface area contributed by atoms with Crippen molar-refractivity contribution >= 4 is 10.1 Å². The molecule has 0 aliphatic heterocycles. The van der Waals surface area contributed by atoms with Gasteiger partial charge in [0.25, 0.3) is 0 Å². The first kappa shape index (κ1) is 25.1. The summed E-state index contributed by atoms with van der Waals surface area (Å²) in [6.45, 7) is 4.16. The third-order valence-electron chi connectivity index (χ3n) is 3.99. The number of aliphatic hydroxyl groups is 1. The minimum absolute atomic E-state index is 0. The predicted octanol–water partition coefficient (Wildman–Crippen LogP) is 0.986. The number of rotatable bonds is 14. The molecule has 0 aromatic rings. The van der Waals surface area contributed by atoms with Gasteiger partial charge in [0.15, 0.2) is 0 Å². The van der Waals surface area contributed by atoms with Gasteiger partial charge in [0.2, 0.25) is 0 Å². The summed E-state index contributed by atoms with van der Waals surface area (Å²) >= 11 is 0. The van der Waals surface area contributed by atoms with Gasteiger partial charge in [0, 0.05) is 5.25 Å². The van der Waals surface area contributed by atoms with E-state index in [0.717, 1.165) is 32.1 Å². The van der Waals surface area contributed by atoms with Crippen LogP contribution in [0.5, 0.6) is 0 Å². The number of aliphatic hydroxyl groups excluding tert-OH is 1. The molecular formula is C16H33NaO4S. The number of unbranched alkanes of at least 4 members (excludes halogenated alkanes) is 5. The van der Waals surface area contributed by atoms with Crippen molar-refractivity contribution in [2.24, 2.45) is 0 Å². The number of hydrogen-bond donors (Lipinski definition) is 1. The summed E-state index contributed by atoms with van der Waals surface area (Å²) in [5.74, 6) is 0. The molecule has 128 valence electrons. The van der Waals surface area contributed by atoms with Crippen molar-refractivity contribution in [1.82, 2.24) is 0 Å². The van der Waals surface area contributed by atoms with Gasteiger partial charge in [-0.2, -0.15) is 0 Å². The maximum absolute atomic E-state index is 11.2. The third kappa shape index (κ3) is 14.5. The van der Waals surface area contributed by atoms with Gasteiger partial charge in [-0.15, -0.1) is 0 Å². The van der Waals surface area contributed by atoms with Crippen molar-refractivity contribution in [2.75, 3.05) is 0 Å². The van der Waals surface area contributed by atoms with Gasteiger partial charge in [-0.1, -0.05) is 58.8 Å². The molecular weight excluding hydrogens is 311 g/mol. The van der Waals surface area contributed by atoms with E-state index >= 15 is 0 Å². The normalized spacial score (nSPS) is 14.4. The average Bonchev–Trinajstić information content (AvgIpc) is 2.41. The van der Waals surface area contributed by atoms with Crippen LogP contribution in [0.15, 0.2) is 0 Å². The van der Waals surface area contributed by atoms with Gasteiger partial charge in [0.05, 0.1) is 16.2 Å². The van der Waals surface area contributed by atoms with Crippen molar-refractivity contribution in [1.29, 1.82) is 0 Å². The summed E-state index contributed by atoms with van der Waals surface area (Å²) in [5, 5.41) is 9.10. The molecule has 0 fully saturated rings. The molecule has 0 aromatic heterocycles. The average molecular weight is 344 g/mol. The van der Waals surface area contributed by atoms with E-state index in [1.165, 1.54) is 19.3 Å². The van der Waals surface area contributed by atoms with Crippen molar-refractivity contribution in [3.63, 3.8) is 0 Å². The zero-order valence-corrected chi connectivity index (χ0v) is 17.5. The van der Waals surface area contributed by atoms with Crippen LogP contribution in [-0.4, -0.2) is 29.4 Å². The van der Waals surface area contributed by atoms with Gasteiger partial charge in [-0.05, 0) is 32.1 Å². The molecule has 0 spiro atoms. The molecule has 2 unspecified atom stereocenters. The van der Waals surface area contributed by atoms with Crippen LogP contribution >= 0.6 is 0 Å². The van der Waals surface area contributed by atoms with E-state index in [2.05, 4.69) is 6.92 Å². The van der Waals surface area contributed by atoms with Gasteiger partial charge in [-0.25, -0.2) is 8.42 Å². The molecule has 0 aliphatic carbocycles. The largest absolute Gasteiger partial charge is 1.00 e. The zero-order valence-electron chi connectivity index (χ0n) is 14.7. The maximum Gasteiger partial charge on any atom is 1.00 e. The molecule has 0 radical (unpaired) electrons. The van der Waals surface area contributed by atoms with Crippen LogP contribution < -0.4 is 29.6 Å². The quantitative estimate of drug-likeness (QED) is 0.290. The van der Waals surface area contributed by atoms with Crippen LogP contribution in [0.4, 0.5) is 0 Å². The summed E-state index contributed by atoms with van der Waals surface area (Å²) in [6.07, 6.45) is 10.0. The smallest absolute Gasteiger partial charge is 0.748 e. The second-order valence-corrected chi connectivity index (χ2v) is 7.70. The van der Waals surface area contributed by atoms with Crippen molar-refractivity contribution in [2.45, 2.75) is 102 Å². The molecule has 0 saturated carbocycles. The Labute approximate surface area is 159 Å². The Kier molecular flexibility index (Phi) is 17.6. The molecule has 0 bridgehead atoms. The SMILES string of the molecule is CCCCCCCC(O)CCCC(CCCC)S(=O)(=O)[O-].[Na+]. The fourth-order valence-corrected chi connectivity index (χ4v) is 3.48. The Hall–Kier alpha value is 0.870. The minimum Gasteiger partial charge on any atom is -0.748 e. The Morgan fingerprint density at radius 3 is 1.86 bits per heavy atom. The van der Waals surface area contributed by atoms with E-state index in [0.29, 0.717) is 25.7 Å². The monoisotopic (exact) mass is 344 g/mol. The van der Waals surface area contributed by atoms with Gasteiger partial charge in [0.1, 0.15) is 0 Å². The van der Waals surface area contributed by atoms with E-state index in [1.807, 2.05) is 6.92 Å². The minimum atomic E-state index is -4.19. The molecule has 0 rings (SSSR count). The molecule has 0 saturated heterocycles. The van der Waals surface area contributed by atoms with Crippen LogP contribution in [0.25, 0.3) is 0 Å². The van der Waals surface area contributed by atoms with E-state index in [9.17, 15) is 18.1 Å². The van der Waals surface area contributed by atoms with Crippen LogP contribution in [0.3, 0.4) is 0 Å². The first-order valence-corrected chi connectivity index (χ1v) is 10.0. The van der Waals surface area contributed by atoms with Crippen LogP contribution in [-0.2, 0) is 10.1 Å². The standard InChI is InChI=1S/C16H34O4S.Na/c1-3-5-7-8-9-11-15(17)12-10-14-16(13-6-4-2)21(18,19)20;/h15-17H,3-14H2,1-2H3,(H,18,19,20);/q;+1/p-1. The Balaban J connectivity index is 0. The second kappa shape index (κ2) is 15.4. The summed E-state index contributed by atoms with van der Waals surface area (Å²) < 4.78 is 33.5. The van der Waals surface area contributed by atoms with Crippen molar-refractivity contribution in [3.8, 4) is 0 Å². The van der Waals surface area contributed by atoms with Gasteiger partial charge in [-0.3, -0.25) is 0 Å². The third-order valence-corrected chi connectivity index (χ3v) is 5.28. The Morgan fingerprint density at radius 2 is 1.32 bits per heavy atom. The maximum atomic E-state index is 11.2. The van der Waals surface area contributed by atoms with Crippen LogP contribution in [0.1, 0.15) is 90.9 Å². The Morgan fingerprint density at radius 1 is 0.818 bits per heavy atom. The molecule has 22 heavy (non-hydrogen) atoms. The van der Waals surface area contributed by atoms with Crippen molar-refractivity contribution < 1.29 is 47.6 Å². The topological polar surface area (TPSA) is 77.4 Å². The summed E-state index contributed by atoms with van der Waals surface area (Å²) in [6, 6.07) is 0. The van der Waals surface area contributed by atoms with E-state index in [4.69, 9.17) is 0 Å². The molecule has 4 nitrogen and oxygen atoms in total. The predicted molar refractivity (Wildman–Crippen MR) is 86.2 cm³/mol. The second-order valence-electron chi connectivity index (χ2n) is 6.04. The molecule has 0 heterocycles. The first-order chi connectivity index (χ1) is 9.91. The van der Waals surface area contributed by atoms with Crippen LogP contribution in [0.2, 0.25) is 0 Å². The first-order valence-electron chi connectivity index (χ1n) is 8.54. The van der Waals surface area contributed by atoms with Gasteiger partial charge < -0.3 is 9.66 Å². The molecule has 2 atom stereocenters. The molecule has 0 aliphatic rings. The van der Waals surface area contributed by atoms with Gasteiger partial charge >= 0.3 is 29.6 Å². The molecule has 6 heteroatoms. The molecule has 0 amide bonds. The van der Waals surface area contributed by atoms with E-state index < -0.39 is 15.4 Å². The van der Waals surface area contributed by atoms with E-state index in [-0.39, 0.29) is 35.7 Å². The fourth-order valence-electron chi connectivity index (χ4n) is 2.57. The fraction of sp³-hybridized carbons (Fsp3) is 1.00. The molecule has 0 aromatic carbocycles. The summed E-state index contributed by atoms with van der Waals surface area (Å²) in [7, 11) is -4.19. The Bertz CT molecular complexity index is 333. The summed E-state index contributed by atoms with van der Waals surface area (Å²) in [5.41, 5.74) is 0. The number of hydrogen-bond acceptors (Lipinski definition) is 4. The van der Waals surface area contributed by atoms with E-state index in [1.54, 1.807) is 0 Å². The molecule has 1 N–H and O–H groups in total. The zero-order chi connectivity index (χ0) is 16.1. The summed E-state index contributed by atoms with van der Waals surface area (Å²) in [4.78, 5) is 0. The van der Waals surface area contributed by atoms with Crippen LogP contribution in [0, 0.1) is 0 Å². The van der Waals surface area contributed by atoms with Crippen molar-refractivity contribution in [3.05, 3.63) is 0 Å².